The van der Waals surface area contributed by atoms with Gasteiger partial charge in [-0.15, -0.1) is 0 Å². The molecule has 0 aromatic heterocycles. The molecule has 37 heavy (non-hydrogen) atoms. The molecule has 3 rings (SSSR count). The highest BCUT2D eigenvalue weighted by atomic mass is 35.5. The van der Waals surface area contributed by atoms with E-state index < -0.39 is 11.7 Å². The first-order valence-corrected chi connectivity index (χ1v) is 13.4. The van der Waals surface area contributed by atoms with E-state index >= 15 is 0 Å². The number of halogens is 4. The fraction of sp³-hybridized carbons (Fsp3) is 0.567. The second kappa shape index (κ2) is 15.3. The summed E-state index contributed by atoms with van der Waals surface area (Å²) in [6, 6.07) is 9.70. The smallest absolute Gasteiger partial charge is 0.416 e. The maximum atomic E-state index is 13.0. The summed E-state index contributed by atoms with van der Waals surface area (Å²) >= 11 is 0. The molecule has 0 amide bonds. The van der Waals surface area contributed by atoms with Crippen molar-refractivity contribution in [3.05, 3.63) is 58.7 Å². The molecular formula is C30H41ClF3NO2. The van der Waals surface area contributed by atoms with Crippen LogP contribution in [0.15, 0.2) is 36.4 Å². The van der Waals surface area contributed by atoms with Crippen molar-refractivity contribution >= 4 is 5.71 Å². The van der Waals surface area contributed by atoms with Crippen LogP contribution >= 0.6 is 0 Å². The van der Waals surface area contributed by atoms with Crippen molar-refractivity contribution in [3.8, 4) is 11.5 Å². The van der Waals surface area contributed by atoms with E-state index in [1.54, 1.807) is 26.4 Å². The molecule has 0 fully saturated rings. The number of fused-ring (bicyclic) bond motifs is 1. The van der Waals surface area contributed by atoms with Crippen LogP contribution < -0.4 is 21.9 Å². The SMILES string of the molecule is CCCCCCCCCCCC1=[N+](Cc2ccc(C(F)(F)F)cc2)CCc2cc(OC)c(OC)cc21.[Cl-]. The summed E-state index contributed by atoms with van der Waals surface area (Å²) in [4.78, 5) is 0. The van der Waals surface area contributed by atoms with Gasteiger partial charge in [0.1, 0.15) is 6.54 Å². The number of rotatable bonds is 14. The Kier molecular flexibility index (Phi) is 12.8. The van der Waals surface area contributed by atoms with Crippen molar-refractivity contribution in [1.82, 2.24) is 0 Å². The van der Waals surface area contributed by atoms with Crippen LogP contribution in [-0.2, 0) is 19.1 Å². The zero-order valence-corrected chi connectivity index (χ0v) is 23.2. The molecule has 0 saturated carbocycles. The molecule has 0 saturated heterocycles. The molecular weight excluding hydrogens is 499 g/mol. The minimum atomic E-state index is -4.31. The average Bonchev–Trinajstić information content (AvgIpc) is 2.87. The van der Waals surface area contributed by atoms with E-state index in [0.717, 1.165) is 37.1 Å². The van der Waals surface area contributed by atoms with Gasteiger partial charge in [-0.3, -0.25) is 0 Å². The van der Waals surface area contributed by atoms with Crippen molar-refractivity contribution < 1.29 is 39.6 Å². The first kappa shape index (κ1) is 31.0. The summed E-state index contributed by atoms with van der Waals surface area (Å²) in [7, 11) is 3.30. The molecule has 0 radical (unpaired) electrons. The number of benzene rings is 2. The Balaban J connectivity index is 0.00000481. The van der Waals surface area contributed by atoms with Gasteiger partial charge in [0, 0.05) is 24.0 Å². The van der Waals surface area contributed by atoms with Gasteiger partial charge in [-0.2, -0.15) is 13.2 Å². The summed E-state index contributed by atoms with van der Waals surface area (Å²) < 4.78 is 52.5. The Morgan fingerprint density at radius 3 is 1.95 bits per heavy atom. The number of nitrogens with zero attached hydrogens (tertiary/aromatic N) is 1. The van der Waals surface area contributed by atoms with Crippen LogP contribution in [0.2, 0.25) is 0 Å². The van der Waals surface area contributed by atoms with Gasteiger partial charge in [-0.05, 0) is 36.2 Å². The molecule has 3 nitrogen and oxygen atoms in total. The second-order valence-electron chi connectivity index (χ2n) is 9.76. The highest BCUT2D eigenvalue weighted by Crippen LogP contribution is 2.34. The highest BCUT2D eigenvalue weighted by Gasteiger charge is 2.31. The number of alkyl halides is 3. The number of ether oxygens (including phenoxy) is 2. The third-order valence-electron chi connectivity index (χ3n) is 7.12. The zero-order chi connectivity index (χ0) is 26.0. The molecule has 0 N–H and O–H groups in total. The van der Waals surface area contributed by atoms with E-state index in [1.807, 2.05) is 0 Å². The number of hydrogen-bond acceptors (Lipinski definition) is 2. The molecule has 0 spiro atoms. The summed E-state index contributed by atoms with van der Waals surface area (Å²) in [6.45, 7) is 3.67. The molecule has 1 aliphatic rings. The Morgan fingerprint density at radius 1 is 0.811 bits per heavy atom. The van der Waals surface area contributed by atoms with E-state index in [2.05, 4.69) is 23.6 Å². The lowest BCUT2D eigenvalue weighted by Crippen LogP contribution is -3.00. The molecule has 2 aromatic carbocycles. The van der Waals surface area contributed by atoms with E-state index in [0.29, 0.717) is 12.3 Å². The van der Waals surface area contributed by atoms with Crippen LogP contribution in [0.4, 0.5) is 13.2 Å². The Labute approximate surface area is 226 Å². The van der Waals surface area contributed by atoms with Gasteiger partial charge in [0.05, 0.1) is 19.8 Å². The van der Waals surface area contributed by atoms with Gasteiger partial charge in [0.2, 0.25) is 0 Å². The zero-order valence-electron chi connectivity index (χ0n) is 22.4. The Morgan fingerprint density at radius 2 is 1.38 bits per heavy atom. The fourth-order valence-electron chi connectivity index (χ4n) is 5.05. The standard InChI is InChI=1S/C30H41F3NO2.ClH/c1-4-5-6-7-8-9-10-11-12-13-27-26-21-29(36-3)28(35-2)20-24(26)18-19-34(27)22-23-14-16-25(17-15-23)30(31,32)33;/h14-17,20-21H,4-13,18-19,22H2,1-3H3;1H/q+1;/p-1. The van der Waals surface area contributed by atoms with E-state index in [9.17, 15) is 13.2 Å². The summed E-state index contributed by atoms with van der Waals surface area (Å²) in [5, 5.41) is 0. The first-order chi connectivity index (χ1) is 17.4. The maximum Gasteiger partial charge on any atom is 0.416 e. The average molecular weight is 540 g/mol. The molecule has 0 unspecified atom stereocenters. The largest absolute Gasteiger partial charge is 1.00 e. The van der Waals surface area contributed by atoms with Crippen molar-refractivity contribution in [2.75, 3.05) is 20.8 Å². The van der Waals surface area contributed by atoms with Gasteiger partial charge in [0.25, 0.3) is 0 Å². The third kappa shape index (κ3) is 8.94. The molecule has 7 heteroatoms. The maximum absolute atomic E-state index is 13.0. The summed E-state index contributed by atoms with van der Waals surface area (Å²) in [5.74, 6) is 1.44. The lowest BCUT2D eigenvalue weighted by atomic mass is 9.92. The van der Waals surface area contributed by atoms with Crippen molar-refractivity contribution in [2.45, 2.75) is 90.3 Å². The predicted octanol–water partition coefficient (Wildman–Crippen LogP) is 5.21. The van der Waals surface area contributed by atoms with Gasteiger partial charge in [-0.1, -0.05) is 70.4 Å². The predicted molar refractivity (Wildman–Crippen MR) is 139 cm³/mol. The van der Waals surface area contributed by atoms with Crippen LogP contribution in [0.3, 0.4) is 0 Å². The lowest BCUT2D eigenvalue weighted by molar-refractivity contribution is -0.545. The van der Waals surface area contributed by atoms with E-state index in [-0.39, 0.29) is 12.4 Å². The first-order valence-electron chi connectivity index (χ1n) is 13.4. The molecule has 0 bridgehead atoms. The quantitative estimate of drug-likeness (QED) is 0.243. The molecule has 2 aromatic rings. The minimum Gasteiger partial charge on any atom is -1.00 e. The molecule has 0 aliphatic carbocycles. The van der Waals surface area contributed by atoms with E-state index in [4.69, 9.17) is 9.47 Å². The van der Waals surface area contributed by atoms with E-state index in [1.165, 1.54) is 80.3 Å². The molecule has 1 aliphatic heterocycles. The number of hydrogen-bond donors (Lipinski definition) is 0. The number of unbranched alkanes of at least 4 members (excludes halogenated alkanes) is 8. The minimum absolute atomic E-state index is 0. The Hall–Kier alpha value is -2.21. The van der Waals surface area contributed by atoms with Gasteiger partial charge < -0.3 is 21.9 Å². The van der Waals surface area contributed by atoms with Gasteiger partial charge in [-0.25, -0.2) is 4.58 Å². The highest BCUT2D eigenvalue weighted by molar-refractivity contribution is 5.99. The van der Waals surface area contributed by atoms with Crippen molar-refractivity contribution in [2.24, 2.45) is 0 Å². The van der Waals surface area contributed by atoms with Crippen molar-refractivity contribution in [1.29, 1.82) is 0 Å². The Bertz CT molecular complexity index is 1000. The molecule has 0 atom stereocenters. The lowest BCUT2D eigenvalue weighted by Gasteiger charge is -2.21. The van der Waals surface area contributed by atoms with Gasteiger partial charge in [0.15, 0.2) is 23.8 Å². The van der Waals surface area contributed by atoms with Crippen LogP contribution in [0.25, 0.3) is 0 Å². The van der Waals surface area contributed by atoms with Crippen LogP contribution in [0, 0.1) is 0 Å². The summed E-state index contributed by atoms with van der Waals surface area (Å²) in [5.41, 5.74) is 3.94. The second-order valence-corrected chi connectivity index (χ2v) is 9.76. The monoisotopic (exact) mass is 539 g/mol. The van der Waals surface area contributed by atoms with Gasteiger partial charge >= 0.3 is 6.18 Å². The van der Waals surface area contributed by atoms with Crippen LogP contribution in [0.5, 0.6) is 11.5 Å². The van der Waals surface area contributed by atoms with Crippen LogP contribution in [-0.4, -0.2) is 31.1 Å². The fourth-order valence-corrected chi connectivity index (χ4v) is 5.05. The number of methoxy groups -OCH3 is 2. The third-order valence-corrected chi connectivity index (χ3v) is 7.12. The topological polar surface area (TPSA) is 21.5 Å². The molecule has 206 valence electrons. The van der Waals surface area contributed by atoms with Crippen molar-refractivity contribution in [3.63, 3.8) is 0 Å². The van der Waals surface area contributed by atoms with Crippen LogP contribution in [0.1, 0.15) is 93.4 Å². The molecule has 1 heterocycles. The normalized spacial score (nSPS) is 13.2. The summed E-state index contributed by atoms with van der Waals surface area (Å²) in [6.07, 6.45) is 8.91.